The lowest BCUT2D eigenvalue weighted by Crippen LogP contribution is -2.50. The standard InChI is InChI=1S/C30H45F3N6O/c1-20-7-3-4-12-37(15-20)16-21-13-25(30(31,32)33)26-18-38(29(40)39(26)17-21)24-11-6-10-23(14-24)27(22-8-5-9-22)28-35-34-19-36(28)2/h13,17-18,20,22-24,27-28,34-35H,3-12,14-16,19H2,1-2H3/t20-,23?,24?,27-,28?/m1/s1. The van der Waals surface area contributed by atoms with Gasteiger partial charge in [-0.3, -0.25) is 18.8 Å². The van der Waals surface area contributed by atoms with Crippen LogP contribution in [0.4, 0.5) is 13.2 Å². The van der Waals surface area contributed by atoms with Crippen molar-refractivity contribution in [2.24, 2.45) is 23.7 Å². The summed E-state index contributed by atoms with van der Waals surface area (Å²) in [6.45, 7) is 5.20. The highest BCUT2D eigenvalue weighted by atomic mass is 19.4. The molecular formula is C30H45F3N6O. The summed E-state index contributed by atoms with van der Waals surface area (Å²) in [6.07, 6.45) is 9.76. The van der Waals surface area contributed by atoms with Gasteiger partial charge in [0.1, 0.15) is 0 Å². The number of aromatic nitrogens is 2. The van der Waals surface area contributed by atoms with E-state index in [1.807, 2.05) is 0 Å². The molecular weight excluding hydrogens is 517 g/mol. The minimum atomic E-state index is -4.53. The van der Waals surface area contributed by atoms with E-state index in [1.165, 1.54) is 35.9 Å². The average molecular weight is 563 g/mol. The van der Waals surface area contributed by atoms with Gasteiger partial charge in [0.15, 0.2) is 0 Å². The Morgan fingerprint density at radius 1 is 1.02 bits per heavy atom. The van der Waals surface area contributed by atoms with Gasteiger partial charge in [0.2, 0.25) is 0 Å². The fraction of sp³-hybridized carbons (Fsp3) is 0.767. The molecule has 5 atom stereocenters. The lowest BCUT2D eigenvalue weighted by Gasteiger charge is -2.46. The SMILES string of the molecule is C[C@@H]1CCCCN(Cc2cc(C(F)(F)F)c3cn(C4CCCC([C@@H](C5CCC5)C5NNCN5C)C4)c(=O)n3c2)C1. The summed E-state index contributed by atoms with van der Waals surface area (Å²) in [5, 5.41) is 0. The number of imidazole rings is 1. The van der Waals surface area contributed by atoms with E-state index in [9.17, 15) is 18.0 Å². The van der Waals surface area contributed by atoms with Crippen LogP contribution in [0.1, 0.15) is 88.3 Å². The third-order valence-electron chi connectivity index (χ3n) is 10.3. The van der Waals surface area contributed by atoms with Gasteiger partial charge in [-0.05, 0) is 81.0 Å². The molecule has 40 heavy (non-hydrogen) atoms. The molecule has 6 rings (SSSR count). The summed E-state index contributed by atoms with van der Waals surface area (Å²) in [5.41, 5.74) is 6.26. The summed E-state index contributed by atoms with van der Waals surface area (Å²) in [7, 11) is 2.14. The maximum Gasteiger partial charge on any atom is 0.418 e. The Hall–Kier alpha value is -1.88. The molecule has 2 aliphatic heterocycles. The average Bonchev–Trinajstić information content (AvgIpc) is 3.38. The van der Waals surface area contributed by atoms with E-state index < -0.39 is 11.7 Å². The van der Waals surface area contributed by atoms with Gasteiger partial charge >= 0.3 is 11.9 Å². The van der Waals surface area contributed by atoms with Crippen LogP contribution >= 0.6 is 0 Å². The van der Waals surface area contributed by atoms with Crippen LogP contribution in [0, 0.1) is 23.7 Å². The second-order valence-electron chi connectivity index (χ2n) is 13.2. The number of nitrogens with zero attached hydrogens (tertiary/aromatic N) is 4. The highest BCUT2D eigenvalue weighted by Crippen LogP contribution is 2.47. The second-order valence-corrected chi connectivity index (χ2v) is 13.2. The van der Waals surface area contributed by atoms with Crippen LogP contribution in [0.25, 0.3) is 5.52 Å². The smallest absolute Gasteiger partial charge is 0.299 e. The third kappa shape index (κ3) is 5.61. The van der Waals surface area contributed by atoms with Crippen LogP contribution in [-0.2, 0) is 12.7 Å². The van der Waals surface area contributed by atoms with Crippen molar-refractivity contribution in [1.82, 2.24) is 29.6 Å². The van der Waals surface area contributed by atoms with E-state index in [1.54, 1.807) is 10.8 Å². The molecule has 2 N–H and O–H groups in total. The topological polar surface area (TPSA) is 57.0 Å². The maximum absolute atomic E-state index is 14.3. The predicted octanol–water partition coefficient (Wildman–Crippen LogP) is 5.21. The van der Waals surface area contributed by atoms with Crippen molar-refractivity contribution < 1.29 is 13.2 Å². The third-order valence-corrected chi connectivity index (χ3v) is 10.3. The van der Waals surface area contributed by atoms with E-state index >= 15 is 0 Å². The minimum Gasteiger partial charge on any atom is -0.299 e. The quantitative estimate of drug-likeness (QED) is 0.506. The largest absolute Gasteiger partial charge is 0.418 e. The number of alkyl halides is 3. The van der Waals surface area contributed by atoms with E-state index in [0.29, 0.717) is 35.8 Å². The highest BCUT2D eigenvalue weighted by molar-refractivity contribution is 5.56. The molecule has 4 aliphatic rings. The molecule has 222 valence electrons. The van der Waals surface area contributed by atoms with Gasteiger partial charge in [0.25, 0.3) is 0 Å². The Bertz CT molecular complexity index is 1240. The molecule has 2 saturated carbocycles. The molecule has 2 aromatic rings. The van der Waals surface area contributed by atoms with E-state index in [-0.39, 0.29) is 23.4 Å². The van der Waals surface area contributed by atoms with E-state index in [0.717, 1.165) is 64.7 Å². The molecule has 4 heterocycles. The normalized spacial score (nSPS) is 30.4. The van der Waals surface area contributed by atoms with Crippen molar-refractivity contribution in [3.8, 4) is 0 Å². The van der Waals surface area contributed by atoms with Gasteiger partial charge in [0.05, 0.1) is 23.9 Å². The van der Waals surface area contributed by atoms with Gasteiger partial charge in [0, 0.05) is 31.5 Å². The molecule has 4 fully saturated rings. The first-order valence-electron chi connectivity index (χ1n) is 15.4. The van der Waals surface area contributed by atoms with Crippen molar-refractivity contribution in [3.05, 3.63) is 40.1 Å². The van der Waals surface area contributed by atoms with Crippen LogP contribution in [0.3, 0.4) is 0 Å². The molecule has 0 aromatic carbocycles. The van der Waals surface area contributed by atoms with Crippen molar-refractivity contribution in [3.63, 3.8) is 0 Å². The van der Waals surface area contributed by atoms with Gasteiger partial charge in [-0.2, -0.15) is 13.2 Å². The van der Waals surface area contributed by atoms with Gasteiger partial charge in [-0.1, -0.05) is 39.0 Å². The van der Waals surface area contributed by atoms with Crippen LogP contribution in [0.15, 0.2) is 23.3 Å². The summed E-state index contributed by atoms with van der Waals surface area (Å²) in [5.74, 6) is 2.09. The Morgan fingerprint density at radius 2 is 1.80 bits per heavy atom. The summed E-state index contributed by atoms with van der Waals surface area (Å²) in [4.78, 5) is 18.3. The summed E-state index contributed by atoms with van der Waals surface area (Å²) < 4.78 is 45.9. The minimum absolute atomic E-state index is 0.0236. The first kappa shape index (κ1) is 28.2. The number of halogens is 3. The van der Waals surface area contributed by atoms with E-state index in [2.05, 4.69) is 34.6 Å². The van der Waals surface area contributed by atoms with Crippen molar-refractivity contribution >= 4 is 5.52 Å². The first-order chi connectivity index (χ1) is 19.2. The predicted molar refractivity (Wildman–Crippen MR) is 149 cm³/mol. The van der Waals surface area contributed by atoms with Crippen molar-refractivity contribution in [1.29, 1.82) is 0 Å². The lowest BCUT2D eigenvalue weighted by atomic mass is 9.65. The van der Waals surface area contributed by atoms with Gasteiger partial charge < -0.3 is 0 Å². The second kappa shape index (κ2) is 11.4. The zero-order chi connectivity index (χ0) is 28.0. The fourth-order valence-corrected chi connectivity index (χ4v) is 8.09. The fourth-order valence-electron chi connectivity index (χ4n) is 8.09. The summed E-state index contributed by atoms with van der Waals surface area (Å²) in [6, 6.07) is 1.20. The monoisotopic (exact) mass is 562 g/mol. The zero-order valence-corrected chi connectivity index (χ0v) is 23.9. The summed E-state index contributed by atoms with van der Waals surface area (Å²) >= 11 is 0. The van der Waals surface area contributed by atoms with Crippen LogP contribution in [0.5, 0.6) is 0 Å². The number of hydrazine groups is 1. The van der Waals surface area contributed by atoms with Crippen LogP contribution in [0.2, 0.25) is 0 Å². The molecule has 2 aromatic heterocycles. The molecule has 3 unspecified atom stereocenters. The Balaban J connectivity index is 1.30. The Labute approximate surface area is 235 Å². The van der Waals surface area contributed by atoms with Crippen molar-refractivity contribution in [2.45, 2.75) is 96.1 Å². The lowest BCUT2D eigenvalue weighted by molar-refractivity contribution is -0.136. The molecule has 7 nitrogen and oxygen atoms in total. The van der Waals surface area contributed by atoms with Crippen molar-refractivity contribution in [2.75, 3.05) is 26.8 Å². The molecule has 2 saturated heterocycles. The molecule has 0 bridgehead atoms. The van der Waals surface area contributed by atoms with Crippen LogP contribution in [-0.4, -0.2) is 51.7 Å². The van der Waals surface area contributed by atoms with E-state index in [4.69, 9.17) is 0 Å². The molecule has 0 amide bonds. The maximum atomic E-state index is 14.3. The first-order valence-corrected chi connectivity index (χ1v) is 15.4. The molecule has 2 aliphatic carbocycles. The number of hydrogen-bond acceptors (Lipinski definition) is 5. The zero-order valence-electron chi connectivity index (χ0n) is 23.9. The number of fused-ring (bicyclic) bond motifs is 1. The Kier molecular flexibility index (Phi) is 8.07. The molecule has 10 heteroatoms. The Morgan fingerprint density at radius 3 is 2.50 bits per heavy atom. The highest BCUT2D eigenvalue weighted by Gasteiger charge is 2.44. The van der Waals surface area contributed by atoms with Gasteiger partial charge in [-0.25, -0.2) is 15.6 Å². The number of likely N-dealkylation sites (tertiary alicyclic amines) is 1. The number of nitrogens with one attached hydrogen (secondary N) is 2. The number of rotatable bonds is 6. The van der Waals surface area contributed by atoms with Gasteiger partial charge in [-0.15, -0.1) is 0 Å². The molecule has 0 spiro atoms. The number of hydrogen-bond donors (Lipinski definition) is 2. The van der Waals surface area contributed by atoms with Crippen LogP contribution < -0.4 is 16.5 Å². The number of pyridine rings is 1. The molecule has 0 radical (unpaired) electrons.